The van der Waals surface area contributed by atoms with E-state index in [2.05, 4.69) is 34.6 Å². The molecule has 0 nitrogen and oxygen atoms in total. The second kappa shape index (κ2) is 5.68. The summed E-state index contributed by atoms with van der Waals surface area (Å²) < 4.78 is 0. The van der Waals surface area contributed by atoms with Gasteiger partial charge in [0.15, 0.2) is 0 Å². The highest BCUT2D eigenvalue weighted by molar-refractivity contribution is 6.39. The molecule has 0 radical (unpaired) electrons. The molecule has 1 atom stereocenters. The van der Waals surface area contributed by atoms with Crippen LogP contribution in [0.2, 0.25) is 11.6 Å². The van der Waals surface area contributed by atoms with Crippen LogP contribution in [-0.4, -0.2) is 7.28 Å². The molecule has 1 heteroatoms. The van der Waals surface area contributed by atoms with E-state index in [1.807, 2.05) is 0 Å². The monoisotopic (exact) mass is 154 g/mol. The maximum absolute atomic E-state index is 2.32. The molecule has 0 fully saturated rings. The van der Waals surface area contributed by atoms with Crippen LogP contribution in [0.4, 0.5) is 0 Å². The third-order valence-electron chi connectivity index (χ3n) is 2.19. The van der Waals surface area contributed by atoms with Gasteiger partial charge in [-0.2, -0.15) is 0 Å². The lowest BCUT2D eigenvalue weighted by atomic mass is 9.53. The largest absolute Gasteiger partial charge is 0.126 e. The van der Waals surface area contributed by atoms with Gasteiger partial charge in [-0.05, 0) is 5.92 Å². The van der Waals surface area contributed by atoms with Crippen LogP contribution in [-0.2, 0) is 0 Å². The minimum Gasteiger partial charge on any atom is -0.0710 e. The van der Waals surface area contributed by atoms with Crippen molar-refractivity contribution >= 4 is 7.28 Å². The van der Waals surface area contributed by atoms with Gasteiger partial charge >= 0.3 is 0 Å². The van der Waals surface area contributed by atoms with Crippen molar-refractivity contribution in [3.63, 3.8) is 0 Å². The van der Waals surface area contributed by atoms with E-state index in [0.717, 1.165) is 17.6 Å². The molecular formula is C10H23B. The smallest absolute Gasteiger partial charge is 0.0710 e. The third kappa shape index (κ3) is 6.46. The maximum Gasteiger partial charge on any atom is 0.126 e. The van der Waals surface area contributed by atoms with Gasteiger partial charge in [0.2, 0.25) is 0 Å². The van der Waals surface area contributed by atoms with Crippen molar-refractivity contribution in [2.24, 2.45) is 5.92 Å². The van der Waals surface area contributed by atoms with E-state index in [-0.39, 0.29) is 0 Å². The minimum atomic E-state index is 0.874. The molecule has 0 aromatic rings. The van der Waals surface area contributed by atoms with Crippen molar-refractivity contribution in [1.82, 2.24) is 0 Å². The summed E-state index contributed by atoms with van der Waals surface area (Å²) in [7, 11) is 1.41. The Labute approximate surface area is 73.0 Å². The van der Waals surface area contributed by atoms with E-state index in [1.165, 1.54) is 20.1 Å². The van der Waals surface area contributed by atoms with Gasteiger partial charge in [0.05, 0.1) is 0 Å². The van der Waals surface area contributed by atoms with E-state index in [4.69, 9.17) is 0 Å². The summed E-state index contributed by atoms with van der Waals surface area (Å²) in [6.45, 7) is 11.6. The number of hydrogen-bond acceptors (Lipinski definition) is 0. The van der Waals surface area contributed by atoms with Crippen LogP contribution < -0.4 is 0 Å². The summed E-state index contributed by atoms with van der Waals surface area (Å²) in [6.07, 6.45) is 2.77. The lowest BCUT2D eigenvalue weighted by Crippen LogP contribution is -2.08. The Balaban J connectivity index is 3.58. The van der Waals surface area contributed by atoms with Crippen molar-refractivity contribution < 1.29 is 0 Å². The highest BCUT2D eigenvalue weighted by atomic mass is 14.0. The summed E-state index contributed by atoms with van der Waals surface area (Å²) >= 11 is 0. The van der Waals surface area contributed by atoms with Gasteiger partial charge in [0.1, 0.15) is 7.28 Å². The van der Waals surface area contributed by atoms with Crippen LogP contribution in [0, 0.1) is 5.92 Å². The lowest BCUT2D eigenvalue weighted by Gasteiger charge is -2.17. The summed E-state index contributed by atoms with van der Waals surface area (Å²) in [6, 6.07) is 0. The van der Waals surface area contributed by atoms with E-state index < -0.39 is 0 Å². The van der Waals surface area contributed by atoms with Crippen LogP contribution in [0.1, 0.15) is 47.5 Å². The highest BCUT2D eigenvalue weighted by Gasteiger charge is 2.11. The fourth-order valence-corrected chi connectivity index (χ4v) is 1.76. The lowest BCUT2D eigenvalue weighted by molar-refractivity contribution is 0.543. The molecule has 66 valence electrons. The van der Waals surface area contributed by atoms with E-state index in [9.17, 15) is 0 Å². The Kier molecular flexibility index (Phi) is 5.72. The van der Waals surface area contributed by atoms with Crippen molar-refractivity contribution in [3.05, 3.63) is 0 Å². The van der Waals surface area contributed by atoms with Gasteiger partial charge in [-0.25, -0.2) is 0 Å². The molecule has 0 aliphatic carbocycles. The fraction of sp³-hybridized carbons (Fsp3) is 1.00. The van der Waals surface area contributed by atoms with Crippen LogP contribution in [0.5, 0.6) is 0 Å². The van der Waals surface area contributed by atoms with E-state index in [1.54, 1.807) is 0 Å². The zero-order valence-corrected chi connectivity index (χ0v) is 8.85. The molecule has 0 saturated carbocycles. The average Bonchev–Trinajstić information content (AvgIpc) is 1.84. The summed E-state index contributed by atoms with van der Waals surface area (Å²) in [4.78, 5) is 0. The standard InChI is InChI=1S/C10H23B/c1-6-10(7-8(2)3)11-9(4)5/h8-11H,6-7H2,1-5H3. The van der Waals surface area contributed by atoms with Gasteiger partial charge in [-0.1, -0.05) is 59.1 Å². The number of rotatable bonds is 5. The molecule has 0 spiro atoms. The molecule has 0 bridgehead atoms. The van der Waals surface area contributed by atoms with Gasteiger partial charge in [0, 0.05) is 0 Å². The Hall–Kier alpha value is 0.0649. The Morgan fingerprint density at radius 1 is 1.09 bits per heavy atom. The quantitative estimate of drug-likeness (QED) is 0.531. The first kappa shape index (κ1) is 11.1. The Morgan fingerprint density at radius 3 is 1.91 bits per heavy atom. The van der Waals surface area contributed by atoms with Crippen LogP contribution in [0.3, 0.4) is 0 Å². The zero-order valence-electron chi connectivity index (χ0n) is 8.85. The topological polar surface area (TPSA) is 0 Å². The molecule has 0 rings (SSSR count). The Morgan fingerprint density at radius 2 is 1.64 bits per heavy atom. The first-order valence-corrected chi connectivity index (χ1v) is 5.06. The predicted octanol–water partition coefficient (Wildman–Crippen LogP) is 3.50. The van der Waals surface area contributed by atoms with Crippen molar-refractivity contribution in [3.8, 4) is 0 Å². The van der Waals surface area contributed by atoms with Gasteiger partial charge in [-0.3, -0.25) is 0 Å². The molecule has 0 N–H and O–H groups in total. The highest BCUT2D eigenvalue weighted by Crippen LogP contribution is 2.23. The molecule has 0 aromatic heterocycles. The molecule has 0 aliphatic heterocycles. The molecule has 0 amide bonds. The average molecular weight is 154 g/mol. The van der Waals surface area contributed by atoms with Gasteiger partial charge < -0.3 is 0 Å². The van der Waals surface area contributed by atoms with Gasteiger partial charge in [-0.15, -0.1) is 0 Å². The maximum atomic E-state index is 2.32. The van der Waals surface area contributed by atoms with Crippen LogP contribution in [0.25, 0.3) is 0 Å². The summed E-state index contributed by atoms with van der Waals surface area (Å²) in [5, 5.41) is 0. The van der Waals surface area contributed by atoms with Crippen molar-refractivity contribution in [2.75, 3.05) is 0 Å². The van der Waals surface area contributed by atoms with Gasteiger partial charge in [0.25, 0.3) is 0 Å². The second-order valence-electron chi connectivity index (χ2n) is 4.53. The van der Waals surface area contributed by atoms with Crippen molar-refractivity contribution in [2.45, 2.75) is 59.1 Å². The normalized spacial score (nSPS) is 14.1. The second-order valence-corrected chi connectivity index (χ2v) is 4.53. The summed E-state index contributed by atoms with van der Waals surface area (Å²) in [5.74, 6) is 2.72. The first-order chi connectivity index (χ1) is 5.06. The Bertz CT molecular complexity index is 76.9. The first-order valence-electron chi connectivity index (χ1n) is 5.06. The summed E-state index contributed by atoms with van der Waals surface area (Å²) in [5.41, 5.74) is 0. The molecule has 0 saturated heterocycles. The molecule has 11 heavy (non-hydrogen) atoms. The van der Waals surface area contributed by atoms with Crippen LogP contribution in [0.15, 0.2) is 0 Å². The molecule has 0 aromatic carbocycles. The zero-order chi connectivity index (χ0) is 8.85. The van der Waals surface area contributed by atoms with Crippen LogP contribution >= 0.6 is 0 Å². The predicted molar refractivity (Wildman–Crippen MR) is 55.7 cm³/mol. The fourth-order valence-electron chi connectivity index (χ4n) is 1.76. The minimum absolute atomic E-state index is 0.874. The van der Waals surface area contributed by atoms with Crippen molar-refractivity contribution in [1.29, 1.82) is 0 Å². The third-order valence-corrected chi connectivity index (χ3v) is 2.19. The van der Waals surface area contributed by atoms with E-state index in [0.29, 0.717) is 0 Å². The number of hydrogen-bond donors (Lipinski definition) is 0. The molecular weight excluding hydrogens is 131 g/mol. The molecule has 0 heterocycles. The molecule has 1 unspecified atom stereocenters. The van der Waals surface area contributed by atoms with E-state index >= 15 is 0 Å². The SMILES string of the molecule is CCC(BC(C)C)CC(C)C. The molecule has 0 aliphatic rings.